The van der Waals surface area contributed by atoms with Gasteiger partial charge in [-0.05, 0) is 12.1 Å². The average molecular weight is 244 g/mol. The van der Waals surface area contributed by atoms with Crippen molar-refractivity contribution in [1.29, 1.82) is 5.26 Å². The lowest BCUT2D eigenvalue weighted by Crippen LogP contribution is -1.98. The molecule has 0 spiro atoms. The standard InChI is InChI=1S/C9H7BrFNO/c10-3-4-13-8-2-1-7(6-12)9(11)5-8/h1-2,5H,3-4H2. The van der Waals surface area contributed by atoms with Gasteiger partial charge in [-0.25, -0.2) is 4.39 Å². The third-order valence-corrected chi connectivity index (χ3v) is 1.73. The molecule has 0 radical (unpaired) electrons. The summed E-state index contributed by atoms with van der Waals surface area (Å²) in [6.45, 7) is 0.478. The molecule has 0 N–H and O–H groups in total. The van der Waals surface area contributed by atoms with E-state index in [4.69, 9.17) is 10.00 Å². The molecule has 0 aliphatic rings. The van der Waals surface area contributed by atoms with E-state index in [9.17, 15) is 4.39 Å². The Kier molecular flexibility index (Phi) is 3.71. The number of alkyl halides is 1. The fraction of sp³-hybridized carbons (Fsp3) is 0.222. The van der Waals surface area contributed by atoms with Crippen molar-refractivity contribution < 1.29 is 9.13 Å². The Morgan fingerprint density at radius 3 is 2.85 bits per heavy atom. The zero-order chi connectivity index (χ0) is 9.68. The highest BCUT2D eigenvalue weighted by atomic mass is 79.9. The average Bonchev–Trinajstić information content (AvgIpc) is 2.15. The summed E-state index contributed by atoms with van der Waals surface area (Å²) in [4.78, 5) is 0. The Morgan fingerprint density at radius 1 is 1.54 bits per heavy atom. The van der Waals surface area contributed by atoms with E-state index in [-0.39, 0.29) is 5.56 Å². The first-order chi connectivity index (χ1) is 6.27. The van der Waals surface area contributed by atoms with E-state index < -0.39 is 5.82 Å². The van der Waals surface area contributed by atoms with Crippen molar-refractivity contribution in [2.24, 2.45) is 0 Å². The van der Waals surface area contributed by atoms with Crippen LogP contribution in [0.2, 0.25) is 0 Å². The molecule has 1 aromatic rings. The lowest BCUT2D eigenvalue weighted by Gasteiger charge is -2.03. The van der Waals surface area contributed by atoms with E-state index >= 15 is 0 Å². The first-order valence-electron chi connectivity index (χ1n) is 3.66. The van der Waals surface area contributed by atoms with Crippen LogP contribution in [0.25, 0.3) is 0 Å². The van der Waals surface area contributed by atoms with E-state index in [0.29, 0.717) is 17.7 Å². The van der Waals surface area contributed by atoms with Crippen LogP contribution < -0.4 is 4.74 Å². The summed E-state index contributed by atoms with van der Waals surface area (Å²) >= 11 is 3.18. The summed E-state index contributed by atoms with van der Waals surface area (Å²) in [7, 11) is 0. The van der Waals surface area contributed by atoms with Crippen LogP contribution in [0.1, 0.15) is 5.56 Å². The molecule has 0 saturated heterocycles. The van der Waals surface area contributed by atoms with Crippen molar-refractivity contribution in [3.8, 4) is 11.8 Å². The number of halogens is 2. The normalized spacial score (nSPS) is 9.31. The van der Waals surface area contributed by atoms with Crippen molar-refractivity contribution in [2.45, 2.75) is 0 Å². The number of hydrogen-bond donors (Lipinski definition) is 0. The number of nitrogens with zero attached hydrogens (tertiary/aromatic N) is 1. The molecule has 0 amide bonds. The van der Waals surface area contributed by atoms with Crippen molar-refractivity contribution >= 4 is 15.9 Å². The fourth-order valence-corrected chi connectivity index (χ4v) is 0.995. The molecular weight excluding hydrogens is 237 g/mol. The summed E-state index contributed by atoms with van der Waals surface area (Å²) in [5.41, 5.74) is 0.0335. The van der Waals surface area contributed by atoms with Gasteiger partial charge in [0, 0.05) is 11.4 Å². The topological polar surface area (TPSA) is 33.0 Å². The highest BCUT2D eigenvalue weighted by Gasteiger charge is 2.02. The van der Waals surface area contributed by atoms with E-state index in [1.54, 1.807) is 12.1 Å². The summed E-state index contributed by atoms with van der Waals surface area (Å²) in [5.74, 6) is -0.106. The van der Waals surface area contributed by atoms with Crippen LogP contribution in [0.15, 0.2) is 18.2 Å². The van der Waals surface area contributed by atoms with Crippen LogP contribution in [-0.4, -0.2) is 11.9 Å². The molecule has 2 nitrogen and oxygen atoms in total. The Balaban J connectivity index is 2.79. The molecule has 0 saturated carbocycles. The summed E-state index contributed by atoms with van der Waals surface area (Å²) < 4.78 is 18.1. The van der Waals surface area contributed by atoms with Gasteiger partial charge in [0.15, 0.2) is 0 Å². The van der Waals surface area contributed by atoms with Gasteiger partial charge in [-0.15, -0.1) is 0 Å². The molecule has 0 aromatic heterocycles. The van der Waals surface area contributed by atoms with Gasteiger partial charge < -0.3 is 4.74 Å². The Morgan fingerprint density at radius 2 is 2.31 bits per heavy atom. The summed E-state index contributed by atoms with van der Waals surface area (Å²) in [6, 6.07) is 5.92. The third-order valence-electron chi connectivity index (χ3n) is 1.41. The maximum absolute atomic E-state index is 13.0. The first kappa shape index (κ1) is 10.0. The van der Waals surface area contributed by atoms with Gasteiger partial charge in [0.25, 0.3) is 0 Å². The Bertz CT molecular complexity index is 335. The van der Waals surface area contributed by atoms with Crippen LogP contribution in [0.3, 0.4) is 0 Å². The van der Waals surface area contributed by atoms with Gasteiger partial charge in [-0.1, -0.05) is 15.9 Å². The van der Waals surface area contributed by atoms with Gasteiger partial charge in [0.05, 0.1) is 12.2 Å². The molecule has 13 heavy (non-hydrogen) atoms. The third kappa shape index (κ3) is 2.71. The molecule has 0 atom stereocenters. The molecule has 4 heteroatoms. The molecule has 68 valence electrons. The van der Waals surface area contributed by atoms with Crippen LogP contribution in [0, 0.1) is 17.1 Å². The van der Waals surface area contributed by atoms with Gasteiger partial charge >= 0.3 is 0 Å². The first-order valence-corrected chi connectivity index (χ1v) is 4.78. The van der Waals surface area contributed by atoms with Crippen molar-refractivity contribution in [1.82, 2.24) is 0 Å². The molecule has 0 aliphatic carbocycles. The highest BCUT2D eigenvalue weighted by molar-refractivity contribution is 9.09. The molecule has 0 fully saturated rings. The zero-order valence-electron chi connectivity index (χ0n) is 6.76. The minimum absolute atomic E-state index is 0.0335. The molecule has 1 aromatic carbocycles. The molecule has 1 rings (SSSR count). The van der Waals surface area contributed by atoms with Crippen molar-refractivity contribution in [2.75, 3.05) is 11.9 Å². The van der Waals surface area contributed by atoms with E-state index in [1.807, 2.05) is 0 Å². The molecule has 0 unspecified atom stereocenters. The lowest BCUT2D eigenvalue weighted by atomic mass is 10.2. The van der Waals surface area contributed by atoms with Crippen LogP contribution >= 0.6 is 15.9 Å². The number of benzene rings is 1. The van der Waals surface area contributed by atoms with Crippen LogP contribution in [-0.2, 0) is 0 Å². The molecule has 0 heterocycles. The molecule has 0 aliphatic heterocycles. The van der Waals surface area contributed by atoms with Gasteiger partial charge in [-0.3, -0.25) is 0 Å². The number of hydrogen-bond acceptors (Lipinski definition) is 2. The fourth-order valence-electron chi connectivity index (χ4n) is 0.833. The summed E-state index contributed by atoms with van der Waals surface area (Å²) in [6.07, 6.45) is 0. The van der Waals surface area contributed by atoms with Crippen LogP contribution in [0.4, 0.5) is 4.39 Å². The largest absolute Gasteiger partial charge is 0.493 e. The van der Waals surface area contributed by atoms with E-state index in [0.717, 1.165) is 0 Å². The van der Waals surface area contributed by atoms with Gasteiger partial charge in [-0.2, -0.15) is 5.26 Å². The van der Waals surface area contributed by atoms with Crippen molar-refractivity contribution in [3.05, 3.63) is 29.6 Å². The molecular formula is C9H7BrFNO. The maximum atomic E-state index is 13.0. The van der Waals surface area contributed by atoms with Crippen LogP contribution in [0.5, 0.6) is 5.75 Å². The number of rotatable bonds is 3. The second-order valence-corrected chi connectivity index (χ2v) is 3.08. The van der Waals surface area contributed by atoms with Gasteiger partial charge in [0.1, 0.15) is 17.6 Å². The smallest absolute Gasteiger partial charge is 0.144 e. The lowest BCUT2D eigenvalue weighted by molar-refractivity contribution is 0.343. The minimum Gasteiger partial charge on any atom is -0.493 e. The van der Waals surface area contributed by atoms with Crippen molar-refractivity contribution in [3.63, 3.8) is 0 Å². The quantitative estimate of drug-likeness (QED) is 0.765. The zero-order valence-corrected chi connectivity index (χ0v) is 8.34. The van der Waals surface area contributed by atoms with E-state index in [2.05, 4.69) is 15.9 Å². The highest BCUT2D eigenvalue weighted by Crippen LogP contribution is 2.15. The monoisotopic (exact) mass is 243 g/mol. The number of ether oxygens (including phenoxy) is 1. The summed E-state index contributed by atoms with van der Waals surface area (Å²) in [5, 5.41) is 9.14. The Hall–Kier alpha value is -1.08. The Labute approximate surface area is 84.1 Å². The van der Waals surface area contributed by atoms with Gasteiger partial charge in [0.2, 0.25) is 0 Å². The second-order valence-electron chi connectivity index (χ2n) is 2.29. The predicted octanol–water partition coefficient (Wildman–Crippen LogP) is 2.47. The molecule has 0 bridgehead atoms. The minimum atomic E-state index is -0.547. The second kappa shape index (κ2) is 4.83. The van der Waals surface area contributed by atoms with E-state index in [1.165, 1.54) is 12.1 Å². The SMILES string of the molecule is N#Cc1ccc(OCCBr)cc1F. The number of nitriles is 1. The maximum Gasteiger partial charge on any atom is 0.144 e. The predicted molar refractivity (Wildman–Crippen MR) is 50.4 cm³/mol.